The van der Waals surface area contributed by atoms with Crippen LogP contribution in [0.25, 0.3) is 0 Å². The van der Waals surface area contributed by atoms with Crippen molar-refractivity contribution in [3.63, 3.8) is 0 Å². The molecule has 0 bridgehead atoms. The zero-order chi connectivity index (χ0) is 14.1. The van der Waals surface area contributed by atoms with Gasteiger partial charge in [0, 0.05) is 5.56 Å². The second-order valence-corrected chi connectivity index (χ2v) is 4.50. The van der Waals surface area contributed by atoms with Gasteiger partial charge < -0.3 is 4.74 Å². The fourth-order valence-electron chi connectivity index (χ4n) is 2.16. The van der Waals surface area contributed by atoms with E-state index in [1.807, 2.05) is 6.08 Å². The van der Waals surface area contributed by atoms with Crippen molar-refractivity contribution in [3.8, 4) is 5.75 Å². The standard InChI is InChI=1S/C15H23FN2O/c1-3-4-5-6-7-10-13(18-17)15-12(16)9-8-11-14(15)19-2/h3,8-9,11,13,18H,1,4-7,10,17H2,2H3. The molecule has 3 N–H and O–H groups in total. The van der Waals surface area contributed by atoms with Gasteiger partial charge in [-0.15, -0.1) is 6.58 Å². The first-order valence-electron chi connectivity index (χ1n) is 6.64. The number of methoxy groups -OCH3 is 1. The number of hydrogen-bond donors (Lipinski definition) is 2. The van der Waals surface area contributed by atoms with E-state index in [0.717, 1.165) is 32.1 Å². The fraction of sp³-hybridized carbons (Fsp3) is 0.467. The van der Waals surface area contributed by atoms with E-state index in [1.54, 1.807) is 12.1 Å². The molecule has 106 valence electrons. The molecule has 1 unspecified atom stereocenters. The van der Waals surface area contributed by atoms with Gasteiger partial charge in [0.2, 0.25) is 0 Å². The summed E-state index contributed by atoms with van der Waals surface area (Å²) in [6, 6.07) is 4.59. The second-order valence-electron chi connectivity index (χ2n) is 4.50. The summed E-state index contributed by atoms with van der Waals surface area (Å²) in [7, 11) is 1.54. The van der Waals surface area contributed by atoms with Crippen LogP contribution in [-0.2, 0) is 0 Å². The van der Waals surface area contributed by atoms with Crippen LogP contribution < -0.4 is 16.0 Å². The van der Waals surface area contributed by atoms with E-state index in [0.29, 0.717) is 11.3 Å². The summed E-state index contributed by atoms with van der Waals surface area (Å²) in [6.45, 7) is 3.69. The topological polar surface area (TPSA) is 47.3 Å². The van der Waals surface area contributed by atoms with E-state index in [2.05, 4.69) is 12.0 Å². The van der Waals surface area contributed by atoms with Crippen LogP contribution in [0.2, 0.25) is 0 Å². The summed E-state index contributed by atoms with van der Waals surface area (Å²) >= 11 is 0. The molecule has 0 spiro atoms. The highest BCUT2D eigenvalue weighted by molar-refractivity contribution is 5.37. The Labute approximate surface area is 114 Å². The summed E-state index contributed by atoms with van der Waals surface area (Å²) in [4.78, 5) is 0. The minimum atomic E-state index is -0.284. The van der Waals surface area contributed by atoms with Crippen LogP contribution in [0.1, 0.15) is 43.7 Å². The number of ether oxygens (including phenoxy) is 1. The highest BCUT2D eigenvalue weighted by Gasteiger charge is 2.18. The number of allylic oxidation sites excluding steroid dienone is 1. The summed E-state index contributed by atoms with van der Waals surface area (Å²) in [6.07, 6.45) is 6.89. The molecule has 1 aromatic rings. The lowest BCUT2D eigenvalue weighted by Crippen LogP contribution is -2.29. The van der Waals surface area contributed by atoms with E-state index in [9.17, 15) is 4.39 Å². The normalized spacial score (nSPS) is 12.2. The Morgan fingerprint density at radius 2 is 2.21 bits per heavy atom. The minimum absolute atomic E-state index is 0.222. The van der Waals surface area contributed by atoms with Crippen LogP contribution in [0.15, 0.2) is 30.9 Å². The third-order valence-corrected chi connectivity index (χ3v) is 3.18. The van der Waals surface area contributed by atoms with Gasteiger partial charge in [0.15, 0.2) is 0 Å². The number of nitrogens with one attached hydrogen (secondary N) is 1. The third-order valence-electron chi connectivity index (χ3n) is 3.18. The van der Waals surface area contributed by atoms with Gasteiger partial charge in [-0.25, -0.2) is 4.39 Å². The molecule has 1 rings (SSSR count). The molecule has 4 heteroatoms. The molecular formula is C15H23FN2O. The number of rotatable bonds is 9. The Morgan fingerprint density at radius 3 is 2.84 bits per heavy atom. The highest BCUT2D eigenvalue weighted by atomic mass is 19.1. The Kier molecular flexibility index (Phi) is 7.15. The maximum absolute atomic E-state index is 13.9. The molecule has 0 saturated carbocycles. The lowest BCUT2D eigenvalue weighted by Gasteiger charge is -2.19. The van der Waals surface area contributed by atoms with Gasteiger partial charge >= 0.3 is 0 Å². The van der Waals surface area contributed by atoms with Crippen LogP contribution in [0.4, 0.5) is 4.39 Å². The lowest BCUT2D eigenvalue weighted by atomic mass is 9.99. The first-order chi connectivity index (χ1) is 9.24. The fourth-order valence-corrected chi connectivity index (χ4v) is 2.16. The molecule has 0 saturated heterocycles. The monoisotopic (exact) mass is 266 g/mol. The van der Waals surface area contributed by atoms with Gasteiger partial charge in [0.1, 0.15) is 11.6 Å². The maximum atomic E-state index is 13.9. The lowest BCUT2D eigenvalue weighted by molar-refractivity contribution is 0.383. The van der Waals surface area contributed by atoms with Crippen molar-refractivity contribution in [2.24, 2.45) is 5.84 Å². The SMILES string of the molecule is C=CCCCCCC(NN)c1c(F)cccc1OC. The first kappa shape index (κ1) is 15.7. The molecule has 0 aliphatic carbocycles. The van der Waals surface area contributed by atoms with Crippen molar-refractivity contribution in [1.29, 1.82) is 0 Å². The molecular weight excluding hydrogens is 243 g/mol. The van der Waals surface area contributed by atoms with Crippen molar-refractivity contribution in [2.45, 2.75) is 38.1 Å². The number of hydrazine groups is 1. The smallest absolute Gasteiger partial charge is 0.131 e. The van der Waals surface area contributed by atoms with E-state index in [1.165, 1.54) is 13.2 Å². The zero-order valence-electron chi connectivity index (χ0n) is 11.5. The van der Waals surface area contributed by atoms with Crippen LogP contribution in [0.3, 0.4) is 0 Å². The van der Waals surface area contributed by atoms with Crippen LogP contribution in [0, 0.1) is 5.82 Å². The molecule has 1 atom stereocenters. The molecule has 0 aromatic heterocycles. The number of unbranched alkanes of at least 4 members (excludes halogenated alkanes) is 3. The molecule has 0 aliphatic rings. The van der Waals surface area contributed by atoms with E-state index < -0.39 is 0 Å². The van der Waals surface area contributed by atoms with Gasteiger partial charge in [-0.05, 0) is 31.4 Å². The van der Waals surface area contributed by atoms with Gasteiger partial charge in [0.25, 0.3) is 0 Å². The van der Waals surface area contributed by atoms with E-state index >= 15 is 0 Å². The first-order valence-corrected chi connectivity index (χ1v) is 6.64. The molecule has 0 aliphatic heterocycles. The van der Waals surface area contributed by atoms with Crippen molar-refractivity contribution >= 4 is 0 Å². The minimum Gasteiger partial charge on any atom is -0.496 e. The van der Waals surface area contributed by atoms with Gasteiger partial charge in [0.05, 0.1) is 13.2 Å². The van der Waals surface area contributed by atoms with Crippen molar-refractivity contribution < 1.29 is 9.13 Å². The Balaban J connectivity index is 2.66. The number of hydrogen-bond acceptors (Lipinski definition) is 3. The van der Waals surface area contributed by atoms with Gasteiger partial charge in [-0.2, -0.15) is 0 Å². The largest absolute Gasteiger partial charge is 0.496 e. The number of nitrogens with two attached hydrogens (primary N) is 1. The van der Waals surface area contributed by atoms with E-state index in [4.69, 9.17) is 10.6 Å². The number of benzene rings is 1. The highest BCUT2D eigenvalue weighted by Crippen LogP contribution is 2.30. The summed E-state index contributed by atoms with van der Waals surface area (Å²) in [5.41, 5.74) is 3.20. The van der Waals surface area contributed by atoms with Gasteiger partial charge in [-0.1, -0.05) is 25.0 Å². The Morgan fingerprint density at radius 1 is 1.42 bits per heavy atom. The maximum Gasteiger partial charge on any atom is 0.131 e. The number of halogens is 1. The molecule has 1 aromatic carbocycles. The average Bonchev–Trinajstić information content (AvgIpc) is 2.43. The van der Waals surface area contributed by atoms with Crippen molar-refractivity contribution in [1.82, 2.24) is 5.43 Å². The molecule has 0 amide bonds. The second kappa shape index (κ2) is 8.67. The van der Waals surface area contributed by atoms with Gasteiger partial charge in [-0.3, -0.25) is 11.3 Å². The summed E-state index contributed by atoms with van der Waals surface area (Å²) < 4.78 is 19.1. The average molecular weight is 266 g/mol. The molecule has 19 heavy (non-hydrogen) atoms. The van der Waals surface area contributed by atoms with Crippen molar-refractivity contribution in [2.75, 3.05) is 7.11 Å². The van der Waals surface area contributed by atoms with Crippen LogP contribution in [0.5, 0.6) is 5.75 Å². The Hall–Kier alpha value is -1.39. The predicted molar refractivity (Wildman–Crippen MR) is 76.3 cm³/mol. The van der Waals surface area contributed by atoms with Crippen LogP contribution >= 0.6 is 0 Å². The third kappa shape index (κ3) is 4.65. The van der Waals surface area contributed by atoms with Crippen molar-refractivity contribution in [3.05, 3.63) is 42.2 Å². The summed E-state index contributed by atoms with van der Waals surface area (Å²) in [5, 5.41) is 0. The molecule has 0 heterocycles. The predicted octanol–water partition coefficient (Wildman–Crippen LogP) is 3.48. The zero-order valence-corrected chi connectivity index (χ0v) is 11.5. The van der Waals surface area contributed by atoms with E-state index in [-0.39, 0.29) is 11.9 Å². The summed E-state index contributed by atoms with van der Waals surface area (Å²) in [5.74, 6) is 5.80. The molecule has 0 fully saturated rings. The quantitative estimate of drug-likeness (QED) is 0.311. The molecule has 3 nitrogen and oxygen atoms in total. The van der Waals surface area contributed by atoms with Crippen LogP contribution in [-0.4, -0.2) is 7.11 Å². The molecule has 0 radical (unpaired) electrons. The Bertz CT molecular complexity index is 396.